The second-order valence-corrected chi connectivity index (χ2v) is 22.5. The molecule has 55 heavy (non-hydrogen) atoms. The average Bonchev–Trinajstić information content (AvgIpc) is 3.63. The Balaban J connectivity index is 0.000000306. The summed E-state index contributed by atoms with van der Waals surface area (Å²) >= 11 is 1.82. The van der Waals surface area contributed by atoms with Crippen molar-refractivity contribution in [2.75, 3.05) is 0 Å². The molecule has 0 saturated heterocycles. The van der Waals surface area contributed by atoms with Crippen molar-refractivity contribution in [3.05, 3.63) is 78.1 Å². The molecule has 2 aromatic carbocycles. The maximum absolute atomic E-state index is 13.2. The molecule has 14 heteroatoms. The van der Waals surface area contributed by atoms with Crippen molar-refractivity contribution in [1.82, 2.24) is 14.4 Å². The zero-order chi connectivity index (χ0) is 40.7. The van der Waals surface area contributed by atoms with Crippen molar-refractivity contribution in [2.24, 2.45) is 10.8 Å². The van der Waals surface area contributed by atoms with Crippen LogP contribution in [0.4, 0.5) is 26.3 Å². The van der Waals surface area contributed by atoms with E-state index >= 15 is 0 Å². The number of fused-ring (bicyclic) bond motifs is 4. The maximum atomic E-state index is 13.2. The van der Waals surface area contributed by atoms with Gasteiger partial charge in [0, 0.05) is 42.8 Å². The molecular formula is C41H50F6IrN3O2SSi-. The van der Waals surface area contributed by atoms with Gasteiger partial charge in [-0.25, -0.2) is 4.98 Å². The Morgan fingerprint density at radius 2 is 1.45 bits per heavy atom. The number of benzene rings is 2. The summed E-state index contributed by atoms with van der Waals surface area (Å²) in [5.41, 5.74) is 0.345. The number of ketones is 1. The number of carbonyl (C=O) groups excluding carboxylic acids is 1. The SMILES string of the molecule is CC(C)(C)c1cc(-c2nccc3c2sc2c(C[Si](C)(C)C)ncn23)[c-]c2ccccc12.CCC(CC)(C(=O)/C=C(\O)C(CC)(CC)C(F)(F)F)C(F)(F)F.[Ir]. The Morgan fingerprint density at radius 3 is 1.96 bits per heavy atom. The predicted octanol–water partition coefficient (Wildman–Crippen LogP) is 13.0. The van der Waals surface area contributed by atoms with Crippen LogP contribution < -0.4 is 0 Å². The molecule has 3 heterocycles. The van der Waals surface area contributed by atoms with Gasteiger partial charge in [0.1, 0.15) is 27.7 Å². The summed E-state index contributed by atoms with van der Waals surface area (Å²) in [5.74, 6) is -2.92. The fourth-order valence-electron chi connectivity index (χ4n) is 6.97. The molecule has 3 aromatic heterocycles. The molecule has 0 amide bonds. The van der Waals surface area contributed by atoms with E-state index in [1.165, 1.54) is 31.7 Å². The van der Waals surface area contributed by atoms with Gasteiger partial charge < -0.3 is 5.11 Å². The van der Waals surface area contributed by atoms with Gasteiger partial charge >= 0.3 is 12.4 Å². The fourth-order valence-corrected chi connectivity index (χ4v) is 9.57. The topological polar surface area (TPSA) is 67.5 Å². The van der Waals surface area contributed by atoms with E-state index in [0.29, 0.717) is 0 Å². The summed E-state index contributed by atoms with van der Waals surface area (Å²) in [6.07, 6.45) is -8.18. The van der Waals surface area contributed by atoms with Gasteiger partial charge in [-0.1, -0.05) is 97.3 Å². The van der Waals surface area contributed by atoms with Gasteiger partial charge in [0.2, 0.25) is 0 Å². The molecule has 0 unspecified atom stereocenters. The standard InChI is InChI=1S/C26H28N3SSi.C15H22F6O2.Ir/c1-26(2,3)20-14-18(13-17-9-7-8-10-19(17)20)23-24-22(11-12-27-23)29-16-28-21(25(29)30-24)15-31(4,5)6;1-5-12(6-2,14(16,17)18)10(22)9-11(23)13(7-3,8-4)15(19,20)21;/h7-12,14,16H,15H2,1-6H3;9,22H,5-8H2,1-4H3;/q-1;;/b;10-9-;. The normalized spacial score (nSPS) is 13.6. The molecule has 1 N–H and O–H groups in total. The number of thiazole rings is 1. The van der Waals surface area contributed by atoms with Crippen LogP contribution in [0.3, 0.4) is 0 Å². The molecule has 1 radical (unpaired) electrons. The van der Waals surface area contributed by atoms with Crippen LogP contribution in [0.2, 0.25) is 19.6 Å². The fraction of sp³-hybridized carbons (Fsp3) is 0.488. The van der Waals surface area contributed by atoms with Crippen molar-refractivity contribution < 1.29 is 56.3 Å². The number of imidazole rings is 1. The third kappa shape index (κ3) is 9.08. The number of rotatable bonds is 10. The molecule has 5 aromatic rings. The number of aromatic nitrogens is 3. The largest absolute Gasteiger partial charge is 0.511 e. The molecule has 0 aliphatic heterocycles. The van der Waals surface area contributed by atoms with E-state index in [2.05, 4.69) is 87.3 Å². The second kappa shape index (κ2) is 16.8. The van der Waals surface area contributed by atoms with Crippen LogP contribution in [-0.4, -0.2) is 45.7 Å². The number of carbonyl (C=O) groups is 1. The molecule has 0 spiro atoms. The predicted molar refractivity (Wildman–Crippen MR) is 210 cm³/mol. The van der Waals surface area contributed by atoms with Crippen molar-refractivity contribution in [3.8, 4) is 11.3 Å². The minimum atomic E-state index is -4.91. The minimum absolute atomic E-state index is 0. The Hall–Kier alpha value is -3.06. The monoisotopic (exact) mass is 983 g/mol. The van der Waals surface area contributed by atoms with E-state index in [0.717, 1.165) is 50.4 Å². The number of hydrogen-bond donors (Lipinski definition) is 1. The first-order valence-corrected chi connectivity index (χ1v) is 22.7. The zero-order valence-corrected chi connectivity index (χ0v) is 37.1. The van der Waals surface area contributed by atoms with Crippen molar-refractivity contribution in [2.45, 2.75) is 118 Å². The summed E-state index contributed by atoms with van der Waals surface area (Å²) in [4.78, 5) is 22.9. The molecule has 0 aliphatic rings. The second-order valence-electron chi connectivity index (χ2n) is 16.1. The van der Waals surface area contributed by atoms with Crippen LogP contribution in [0.5, 0.6) is 0 Å². The molecule has 0 fully saturated rings. The van der Waals surface area contributed by atoms with Crippen molar-refractivity contribution >= 4 is 51.0 Å². The number of alkyl halides is 6. The quantitative estimate of drug-likeness (QED) is 0.0498. The number of halogens is 6. The van der Waals surface area contributed by atoms with Crippen molar-refractivity contribution in [3.63, 3.8) is 0 Å². The maximum Gasteiger partial charge on any atom is 0.401 e. The number of hydrogen-bond acceptors (Lipinski definition) is 5. The molecule has 0 atom stereocenters. The van der Waals surface area contributed by atoms with Crippen LogP contribution in [0, 0.1) is 16.9 Å². The number of nitrogens with zero attached hydrogens (tertiary/aromatic N) is 3. The Kier molecular flexibility index (Phi) is 14.2. The van der Waals surface area contributed by atoms with Crippen LogP contribution in [0.25, 0.3) is 37.1 Å². The van der Waals surface area contributed by atoms with E-state index in [-0.39, 0.29) is 31.6 Å². The number of allylic oxidation sites excluding steroid dienone is 2. The van der Waals surface area contributed by atoms with Gasteiger partial charge in [-0.2, -0.15) is 26.3 Å². The van der Waals surface area contributed by atoms with E-state index < -0.39 is 68.5 Å². The first kappa shape index (κ1) is 46.3. The summed E-state index contributed by atoms with van der Waals surface area (Å²) in [6, 6.07) is 17.7. The number of aliphatic hydroxyl groups is 1. The van der Waals surface area contributed by atoms with Crippen LogP contribution in [0.15, 0.2) is 60.8 Å². The van der Waals surface area contributed by atoms with E-state index in [4.69, 9.17) is 9.97 Å². The molecule has 0 saturated carbocycles. The van der Waals surface area contributed by atoms with Gasteiger partial charge in [-0.15, -0.1) is 40.5 Å². The van der Waals surface area contributed by atoms with Crippen LogP contribution in [0.1, 0.15) is 85.4 Å². The van der Waals surface area contributed by atoms with Gasteiger partial charge in [-0.05, 0) is 43.2 Å². The van der Waals surface area contributed by atoms with E-state index in [1.54, 1.807) is 0 Å². The first-order chi connectivity index (χ1) is 24.9. The molecule has 303 valence electrons. The smallest absolute Gasteiger partial charge is 0.401 e. The number of pyridine rings is 1. The zero-order valence-electron chi connectivity index (χ0n) is 32.9. The van der Waals surface area contributed by atoms with E-state index in [1.807, 2.05) is 23.9 Å². The molecule has 0 aliphatic carbocycles. The molecule has 0 bridgehead atoms. The molecular weight excluding hydrogens is 933 g/mol. The summed E-state index contributed by atoms with van der Waals surface area (Å²) in [5, 5.41) is 12.3. The summed E-state index contributed by atoms with van der Waals surface area (Å²) in [7, 11) is -1.26. The minimum Gasteiger partial charge on any atom is -0.511 e. The Bertz CT molecular complexity index is 2150. The van der Waals surface area contributed by atoms with Gasteiger partial charge in [0.25, 0.3) is 0 Å². The van der Waals surface area contributed by atoms with E-state index in [9.17, 15) is 36.2 Å². The molecule has 5 rings (SSSR count). The van der Waals surface area contributed by atoms with Gasteiger partial charge in [0.15, 0.2) is 5.78 Å². The third-order valence-electron chi connectivity index (χ3n) is 10.4. The van der Waals surface area contributed by atoms with Crippen LogP contribution in [-0.2, 0) is 36.4 Å². The van der Waals surface area contributed by atoms with Gasteiger partial charge in [0.05, 0.1) is 19.3 Å². The Morgan fingerprint density at radius 1 is 0.891 bits per heavy atom. The molecule has 5 nitrogen and oxygen atoms in total. The number of aliphatic hydroxyl groups excluding tert-OH is 1. The summed E-state index contributed by atoms with van der Waals surface area (Å²) < 4.78 is 82.8. The summed E-state index contributed by atoms with van der Waals surface area (Å²) in [6.45, 7) is 18.6. The van der Waals surface area contributed by atoms with Crippen LogP contribution >= 0.6 is 11.3 Å². The first-order valence-electron chi connectivity index (χ1n) is 18.2. The Labute approximate surface area is 338 Å². The van der Waals surface area contributed by atoms with Gasteiger partial charge in [-0.3, -0.25) is 14.2 Å². The van der Waals surface area contributed by atoms with Crippen molar-refractivity contribution in [1.29, 1.82) is 0 Å². The third-order valence-corrected chi connectivity index (χ3v) is 13.0. The average molecular weight is 983 g/mol.